The standard InChI is InChI=1S/C24H21NO4/c1-27-19-9-6-17(7-10-19)23-20-5-3-2-4-16(20)12-13-25(23)24(26)18-8-11-21-22(14-18)29-15-28-21/h2-11,14,23H,12-13,15H2,1H3. The Morgan fingerprint density at radius 1 is 1.00 bits per heavy atom. The number of nitrogens with zero attached hydrogens (tertiary/aromatic N) is 1. The van der Waals surface area contributed by atoms with Gasteiger partial charge in [-0.1, -0.05) is 36.4 Å². The fraction of sp³-hybridized carbons (Fsp3) is 0.208. The van der Waals surface area contributed by atoms with Gasteiger partial charge in [-0.05, 0) is 53.4 Å². The number of rotatable bonds is 3. The Bertz CT molecular complexity index is 1060. The fourth-order valence-electron chi connectivity index (χ4n) is 4.13. The van der Waals surface area contributed by atoms with Crippen LogP contribution in [0.5, 0.6) is 17.2 Å². The van der Waals surface area contributed by atoms with Gasteiger partial charge in [-0.3, -0.25) is 4.79 Å². The van der Waals surface area contributed by atoms with Gasteiger partial charge in [0.25, 0.3) is 5.91 Å². The lowest BCUT2D eigenvalue weighted by atomic mass is 9.87. The molecule has 0 radical (unpaired) electrons. The largest absolute Gasteiger partial charge is 0.497 e. The Kier molecular flexibility index (Phi) is 4.35. The average molecular weight is 387 g/mol. The molecule has 2 heterocycles. The molecule has 0 bridgehead atoms. The zero-order valence-corrected chi connectivity index (χ0v) is 16.1. The van der Waals surface area contributed by atoms with E-state index in [1.807, 2.05) is 35.2 Å². The van der Waals surface area contributed by atoms with Crippen LogP contribution in [0.1, 0.15) is 33.1 Å². The number of benzene rings is 3. The minimum atomic E-state index is -0.149. The quantitative estimate of drug-likeness (QED) is 0.675. The molecular weight excluding hydrogens is 366 g/mol. The van der Waals surface area contributed by atoms with Crippen LogP contribution in [0.3, 0.4) is 0 Å². The second kappa shape index (κ2) is 7.17. The predicted molar refractivity (Wildman–Crippen MR) is 109 cm³/mol. The maximum absolute atomic E-state index is 13.5. The zero-order valence-electron chi connectivity index (χ0n) is 16.1. The molecule has 0 fully saturated rings. The molecule has 0 saturated heterocycles. The second-order valence-electron chi connectivity index (χ2n) is 7.19. The fourth-order valence-corrected chi connectivity index (χ4v) is 4.13. The van der Waals surface area contributed by atoms with Crippen molar-refractivity contribution in [1.82, 2.24) is 4.90 Å². The van der Waals surface area contributed by atoms with E-state index in [0.717, 1.165) is 23.3 Å². The Hall–Kier alpha value is -3.47. The van der Waals surface area contributed by atoms with E-state index in [4.69, 9.17) is 14.2 Å². The molecule has 146 valence electrons. The van der Waals surface area contributed by atoms with Crippen molar-refractivity contribution >= 4 is 5.91 Å². The summed E-state index contributed by atoms with van der Waals surface area (Å²) >= 11 is 0. The lowest BCUT2D eigenvalue weighted by Gasteiger charge is -2.38. The summed E-state index contributed by atoms with van der Waals surface area (Å²) in [5, 5.41) is 0. The maximum Gasteiger partial charge on any atom is 0.254 e. The van der Waals surface area contributed by atoms with E-state index in [9.17, 15) is 4.79 Å². The molecule has 5 heteroatoms. The lowest BCUT2D eigenvalue weighted by Crippen LogP contribution is -2.40. The van der Waals surface area contributed by atoms with Gasteiger partial charge in [-0.2, -0.15) is 0 Å². The van der Waals surface area contributed by atoms with Crippen LogP contribution < -0.4 is 14.2 Å². The summed E-state index contributed by atoms with van der Waals surface area (Å²) in [6.07, 6.45) is 0.832. The lowest BCUT2D eigenvalue weighted by molar-refractivity contribution is 0.0694. The number of fused-ring (bicyclic) bond motifs is 2. The number of hydrogen-bond donors (Lipinski definition) is 0. The summed E-state index contributed by atoms with van der Waals surface area (Å²) in [6.45, 7) is 0.847. The van der Waals surface area contributed by atoms with Gasteiger partial charge in [0.05, 0.1) is 13.2 Å². The van der Waals surface area contributed by atoms with Crippen LogP contribution in [-0.2, 0) is 6.42 Å². The summed E-state index contributed by atoms with van der Waals surface area (Å²) in [4.78, 5) is 15.5. The van der Waals surface area contributed by atoms with Gasteiger partial charge in [0.2, 0.25) is 6.79 Å². The number of carbonyl (C=O) groups excluding carboxylic acids is 1. The molecule has 0 N–H and O–H groups in total. The molecule has 0 saturated carbocycles. The second-order valence-corrected chi connectivity index (χ2v) is 7.19. The first-order valence-corrected chi connectivity index (χ1v) is 9.67. The molecule has 29 heavy (non-hydrogen) atoms. The Balaban J connectivity index is 1.56. The smallest absolute Gasteiger partial charge is 0.254 e. The summed E-state index contributed by atoms with van der Waals surface area (Å²) in [6, 6.07) is 21.5. The molecule has 1 atom stereocenters. The summed E-state index contributed by atoms with van der Waals surface area (Å²) in [5.41, 5.74) is 4.11. The van der Waals surface area contributed by atoms with Crippen LogP contribution >= 0.6 is 0 Å². The highest BCUT2D eigenvalue weighted by Crippen LogP contribution is 2.38. The van der Waals surface area contributed by atoms with E-state index in [1.54, 1.807) is 25.3 Å². The van der Waals surface area contributed by atoms with E-state index in [0.29, 0.717) is 23.6 Å². The first kappa shape index (κ1) is 17.6. The third kappa shape index (κ3) is 3.09. The topological polar surface area (TPSA) is 48.0 Å². The van der Waals surface area contributed by atoms with Crippen molar-refractivity contribution in [1.29, 1.82) is 0 Å². The van der Waals surface area contributed by atoms with E-state index in [1.165, 1.54) is 5.56 Å². The molecular formula is C24H21NO4. The van der Waals surface area contributed by atoms with E-state index in [-0.39, 0.29) is 18.7 Å². The van der Waals surface area contributed by atoms with Crippen LogP contribution in [0.4, 0.5) is 0 Å². The molecule has 2 aliphatic rings. The summed E-state index contributed by atoms with van der Waals surface area (Å²) in [5.74, 6) is 2.08. The molecule has 1 amide bonds. The van der Waals surface area contributed by atoms with E-state index in [2.05, 4.69) is 18.2 Å². The van der Waals surface area contributed by atoms with E-state index >= 15 is 0 Å². The van der Waals surface area contributed by atoms with Gasteiger partial charge in [0.15, 0.2) is 11.5 Å². The average Bonchev–Trinajstić information content (AvgIpc) is 3.26. The highest BCUT2D eigenvalue weighted by Gasteiger charge is 2.33. The SMILES string of the molecule is COc1ccc(C2c3ccccc3CCN2C(=O)c2ccc3c(c2)OCO3)cc1. The molecule has 5 nitrogen and oxygen atoms in total. The zero-order chi connectivity index (χ0) is 19.8. The summed E-state index contributed by atoms with van der Waals surface area (Å²) < 4.78 is 16.1. The first-order valence-electron chi connectivity index (χ1n) is 9.67. The van der Waals surface area contributed by atoms with Crippen molar-refractivity contribution < 1.29 is 19.0 Å². The number of ether oxygens (including phenoxy) is 3. The first-order chi connectivity index (χ1) is 14.2. The molecule has 0 aromatic heterocycles. The minimum absolute atomic E-state index is 0.0152. The van der Waals surface area contributed by atoms with Crippen LogP contribution in [0.2, 0.25) is 0 Å². The minimum Gasteiger partial charge on any atom is -0.497 e. The monoisotopic (exact) mass is 387 g/mol. The normalized spacial score (nSPS) is 17.0. The van der Waals surface area contributed by atoms with Gasteiger partial charge < -0.3 is 19.1 Å². The molecule has 3 aromatic carbocycles. The van der Waals surface area contributed by atoms with Crippen molar-refractivity contribution in [2.24, 2.45) is 0 Å². The van der Waals surface area contributed by atoms with Gasteiger partial charge in [-0.25, -0.2) is 0 Å². The third-order valence-electron chi connectivity index (χ3n) is 5.60. The number of carbonyl (C=O) groups is 1. The van der Waals surface area contributed by atoms with Crippen LogP contribution in [0.15, 0.2) is 66.7 Å². The molecule has 0 aliphatic carbocycles. The van der Waals surface area contributed by atoms with Crippen molar-refractivity contribution in [3.8, 4) is 17.2 Å². The molecule has 1 unspecified atom stereocenters. The van der Waals surface area contributed by atoms with E-state index < -0.39 is 0 Å². The van der Waals surface area contributed by atoms with Crippen molar-refractivity contribution in [2.45, 2.75) is 12.5 Å². The van der Waals surface area contributed by atoms with Gasteiger partial charge in [0.1, 0.15) is 5.75 Å². The number of amides is 1. The number of methoxy groups -OCH3 is 1. The van der Waals surface area contributed by atoms with Gasteiger partial charge >= 0.3 is 0 Å². The Morgan fingerprint density at radius 3 is 2.62 bits per heavy atom. The van der Waals surface area contributed by atoms with Crippen LogP contribution in [-0.4, -0.2) is 31.3 Å². The number of hydrogen-bond acceptors (Lipinski definition) is 4. The Morgan fingerprint density at radius 2 is 1.79 bits per heavy atom. The van der Waals surface area contributed by atoms with Crippen LogP contribution in [0, 0.1) is 0 Å². The van der Waals surface area contributed by atoms with Crippen molar-refractivity contribution in [3.63, 3.8) is 0 Å². The van der Waals surface area contributed by atoms with Crippen LogP contribution in [0.25, 0.3) is 0 Å². The van der Waals surface area contributed by atoms with Crippen molar-refractivity contribution in [2.75, 3.05) is 20.4 Å². The Labute approximate surface area is 169 Å². The van der Waals surface area contributed by atoms with Gasteiger partial charge in [-0.15, -0.1) is 0 Å². The highest BCUT2D eigenvalue weighted by atomic mass is 16.7. The predicted octanol–water partition coefficient (Wildman–Crippen LogP) is 4.21. The van der Waals surface area contributed by atoms with Gasteiger partial charge in [0, 0.05) is 12.1 Å². The summed E-state index contributed by atoms with van der Waals surface area (Å²) in [7, 11) is 1.65. The third-order valence-corrected chi connectivity index (χ3v) is 5.60. The molecule has 3 aromatic rings. The highest BCUT2D eigenvalue weighted by molar-refractivity contribution is 5.95. The molecule has 5 rings (SSSR count). The maximum atomic E-state index is 13.5. The molecule has 0 spiro atoms. The van der Waals surface area contributed by atoms with Crippen molar-refractivity contribution in [3.05, 3.63) is 89.0 Å². The molecule has 2 aliphatic heterocycles.